The Balaban J connectivity index is 3.67. The zero-order valence-electron chi connectivity index (χ0n) is 13.7. The first kappa shape index (κ1) is 23.7. The van der Waals surface area contributed by atoms with Crippen molar-refractivity contribution in [3.05, 3.63) is 21.8 Å². The maximum atomic E-state index is 13.1. The molecular formula is C14H19I3N6O3. The summed E-state index contributed by atoms with van der Waals surface area (Å²) in [4.78, 5) is 38.3. The summed E-state index contributed by atoms with van der Waals surface area (Å²) in [5, 5.41) is 2.64. The maximum Gasteiger partial charge on any atom is 0.256 e. The Bertz CT molecular complexity index is 723. The molecule has 26 heavy (non-hydrogen) atoms. The molecule has 0 spiro atoms. The van der Waals surface area contributed by atoms with Crippen molar-refractivity contribution in [1.82, 2.24) is 4.90 Å². The Kier molecular flexibility index (Phi) is 9.94. The number of carbonyl (C=O) groups excluding carboxylic acids is 3. The summed E-state index contributed by atoms with van der Waals surface area (Å²) in [6, 6.07) is 0. The quantitative estimate of drug-likeness (QED) is 0.237. The van der Waals surface area contributed by atoms with Crippen molar-refractivity contribution in [3.63, 3.8) is 0 Å². The highest BCUT2D eigenvalue weighted by molar-refractivity contribution is 14.1. The number of carbonyl (C=O) groups is 3. The van der Waals surface area contributed by atoms with Gasteiger partial charge in [0.1, 0.15) is 0 Å². The molecular weight excluding hydrogens is 681 g/mol. The summed E-state index contributed by atoms with van der Waals surface area (Å²) in [6.07, 6.45) is 0. The van der Waals surface area contributed by atoms with Gasteiger partial charge in [-0.05, 0) is 67.8 Å². The molecule has 0 radical (unpaired) electrons. The molecule has 0 saturated carbocycles. The zero-order valence-corrected chi connectivity index (χ0v) is 20.1. The normalized spacial score (nSPS) is 10.5. The number of nitrogens with zero attached hydrogens (tertiary/aromatic N) is 1. The number of amides is 3. The molecule has 12 heteroatoms. The molecule has 1 aromatic rings. The Morgan fingerprint density at radius 1 is 0.885 bits per heavy atom. The highest BCUT2D eigenvalue weighted by Crippen LogP contribution is 2.36. The Labute approximate surface area is 191 Å². The lowest BCUT2D eigenvalue weighted by Crippen LogP contribution is -2.40. The van der Waals surface area contributed by atoms with Crippen LogP contribution in [0.5, 0.6) is 0 Å². The second kappa shape index (κ2) is 10.9. The molecule has 9 nitrogen and oxygen atoms in total. The number of hydrogen-bond acceptors (Lipinski definition) is 6. The molecule has 0 atom stereocenters. The Morgan fingerprint density at radius 3 is 1.81 bits per heavy atom. The number of rotatable bonds is 8. The van der Waals surface area contributed by atoms with Crippen molar-refractivity contribution < 1.29 is 14.4 Å². The minimum absolute atomic E-state index is 0.169. The van der Waals surface area contributed by atoms with E-state index in [1.165, 1.54) is 4.90 Å². The van der Waals surface area contributed by atoms with Gasteiger partial charge >= 0.3 is 0 Å². The number of nitrogens with two attached hydrogens (primary N) is 4. The third kappa shape index (κ3) is 5.37. The molecule has 0 saturated heterocycles. The monoisotopic (exact) mass is 700 g/mol. The highest BCUT2D eigenvalue weighted by atomic mass is 127. The van der Waals surface area contributed by atoms with Crippen LogP contribution in [0.4, 0.5) is 5.69 Å². The lowest BCUT2D eigenvalue weighted by Gasteiger charge is -2.25. The number of hydrogen-bond donors (Lipinski definition) is 5. The summed E-state index contributed by atoms with van der Waals surface area (Å²) in [5.74, 6) is -1.48. The zero-order chi connectivity index (χ0) is 20.0. The molecule has 3 amide bonds. The van der Waals surface area contributed by atoms with E-state index in [1.54, 1.807) is 0 Å². The first-order chi connectivity index (χ1) is 12.2. The molecule has 0 unspecified atom stereocenters. The average molecular weight is 700 g/mol. The van der Waals surface area contributed by atoms with Gasteiger partial charge < -0.3 is 33.2 Å². The average Bonchev–Trinajstić information content (AvgIpc) is 2.57. The van der Waals surface area contributed by atoms with Gasteiger partial charge in [-0.25, -0.2) is 0 Å². The van der Waals surface area contributed by atoms with Gasteiger partial charge in [0, 0.05) is 29.7 Å². The maximum absolute atomic E-state index is 13.1. The lowest BCUT2D eigenvalue weighted by atomic mass is 10.1. The van der Waals surface area contributed by atoms with Crippen LogP contribution in [0.25, 0.3) is 0 Å². The van der Waals surface area contributed by atoms with E-state index in [-0.39, 0.29) is 36.7 Å². The molecule has 0 aliphatic carbocycles. The van der Waals surface area contributed by atoms with E-state index in [0.717, 1.165) is 0 Å². The van der Waals surface area contributed by atoms with E-state index in [4.69, 9.17) is 22.9 Å². The van der Waals surface area contributed by atoms with E-state index in [2.05, 4.69) is 5.32 Å². The second-order valence-corrected chi connectivity index (χ2v) is 8.29. The smallest absolute Gasteiger partial charge is 0.256 e. The standard InChI is InChI=1S/C14H19I3N6O3/c15-9-7(13(21)25)10(16)12(22-6(24)5-20)11(17)8(9)14(26)23(3-1-18)4-2-19/h1-5,18-20H2,(H2,21,25)(H,22,24). The van der Waals surface area contributed by atoms with Crippen LogP contribution in [0.15, 0.2) is 0 Å². The number of halogens is 3. The number of anilines is 1. The molecule has 144 valence electrons. The molecule has 9 N–H and O–H groups in total. The molecule has 0 aliphatic heterocycles. The van der Waals surface area contributed by atoms with Crippen molar-refractivity contribution in [1.29, 1.82) is 0 Å². The van der Waals surface area contributed by atoms with E-state index in [1.807, 2.05) is 67.8 Å². The highest BCUT2D eigenvalue weighted by Gasteiger charge is 2.29. The first-order valence-electron chi connectivity index (χ1n) is 7.40. The van der Waals surface area contributed by atoms with Crippen molar-refractivity contribution in [2.24, 2.45) is 22.9 Å². The summed E-state index contributed by atoms with van der Waals surface area (Å²) in [5.41, 5.74) is 22.8. The summed E-state index contributed by atoms with van der Waals surface area (Å²) >= 11 is 5.79. The fraction of sp³-hybridized carbons (Fsp3) is 0.357. The molecule has 0 aromatic heterocycles. The van der Waals surface area contributed by atoms with Crippen LogP contribution < -0.4 is 28.3 Å². The van der Waals surface area contributed by atoms with Gasteiger partial charge in [-0.2, -0.15) is 0 Å². The van der Waals surface area contributed by atoms with Crippen molar-refractivity contribution >= 4 is 91.2 Å². The molecule has 1 rings (SSSR count). The van der Waals surface area contributed by atoms with Crippen LogP contribution in [0.1, 0.15) is 20.7 Å². The van der Waals surface area contributed by atoms with E-state index in [0.29, 0.717) is 29.5 Å². The van der Waals surface area contributed by atoms with Gasteiger partial charge in [-0.15, -0.1) is 0 Å². The number of primary amides is 1. The predicted molar refractivity (Wildman–Crippen MR) is 125 cm³/mol. The third-order valence-corrected chi connectivity index (χ3v) is 6.55. The largest absolute Gasteiger partial charge is 0.366 e. The van der Waals surface area contributed by atoms with Crippen molar-refractivity contribution in [2.45, 2.75) is 0 Å². The minimum atomic E-state index is -0.698. The fourth-order valence-corrected chi connectivity index (χ4v) is 6.58. The number of benzene rings is 1. The van der Waals surface area contributed by atoms with Gasteiger partial charge in [0.2, 0.25) is 5.91 Å². The summed E-state index contributed by atoms with van der Waals surface area (Å²) in [6.45, 7) is 0.917. The fourth-order valence-electron chi connectivity index (χ4n) is 2.15. The van der Waals surface area contributed by atoms with E-state index in [9.17, 15) is 14.4 Å². The topological polar surface area (TPSA) is 171 Å². The van der Waals surface area contributed by atoms with Crippen LogP contribution in [-0.2, 0) is 4.79 Å². The summed E-state index contributed by atoms with van der Waals surface area (Å²) in [7, 11) is 0. The minimum Gasteiger partial charge on any atom is -0.366 e. The number of nitrogens with one attached hydrogen (secondary N) is 1. The molecule has 0 heterocycles. The first-order valence-corrected chi connectivity index (χ1v) is 10.6. The second-order valence-electron chi connectivity index (χ2n) is 5.05. The van der Waals surface area contributed by atoms with Crippen LogP contribution >= 0.6 is 67.8 Å². The van der Waals surface area contributed by atoms with Crippen LogP contribution in [0.3, 0.4) is 0 Å². The molecule has 0 aliphatic rings. The van der Waals surface area contributed by atoms with Gasteiger partial charge in [0.05, 0.1) is 30.5 Å². The molecule has 0 fully saturated rings. The van der Waals surface area contributed by atoms with Crippen LogP contribution in [0.2, 0.25) is 0 Å². The van der Waals surface area contributed by atoms with Gasteiger partial charge in [0.25, 0.3) is 11.8 Å². The van der Waals surface area contributed by atoms with E-state index >= 15 is 0 Å². The van der Waals surface area contributed by atoms with Gasteiger partial charge in [0.15, 0.2) is 0 Å². The molecule has 1 aromatic carbocycles. The van der Waals surface area contributed by atoms with Crippen molar-refractivity contribution in [2.75, 3.05) is 38.0 Å². The van der Waals surface area contributed by atoms with E-state index < -0.39 is 11.8 Å². The van der Waals surface area contributed by atoms with Crippen LogP contribution in [-0.4, -0.2) is 55.3 Å². The molecule has 0 bridgehead atoms. The van der Waals surface area contributed by atoms with Crippen molar-refractivity contribution in [3.8, 4) is 0 Å². The summed E-state index contributed by atoms with van der Waals surface area (Å²) < 4.78 is 1.36. The van der Waals surface area contributed by atoms with Gasteiger partial charge in [-0.3, -0.25) is 14.4 Å². The SMILES string of the molecule is NCCN(CCN)C(=O)c1c(I)c(NC(=O)CN)c(I)c(C(N)=O)c1I. The predicted octanol–water partition coefficient (Wildman–Crippen LogP) is -0.144. The van der Waals surface area contributed by atoms with Crippen LogP contribution in [0, 0.1) is 10.7 Å². The van der Waals surface area contributed by atoms with Gasteiger partial charge in [-0.1, -0.05) is 0 Å². The third-order valence-electron chi connectivity index (χ3n) is 3.31. The lowest BCUT2D eigenvalue weighted by molar-refractivity contribution is -0.114. The Hall–Kier alpha value is -0.300. The Morgan fingerprint density at radius 2 is 1.38 bits per heavy atom.